The fourth-order valence-electron chi connectivity index (χ4n) is 5.89. The van der Waals surface area contributed by atoms with Crippen molar-refractivity contribution in [2.24, 2.45) is 17.3 Å². The molecule has 4 atom stereocenters. The Kier molecular flexibility index (Phi) is 2.96. The van der Waals surface area contributed by atoms with Gasteiger partial charge in [-0.15, -0.1) is 0 Å². The maximum atomic E-state index is 9.73. The van der Waals surface area contributed by atoms with Crippen molar-refractivity contribution in [3.8, 4) is 5.75 Å². The maximum Gasteiger partial charge on any atom is 0.115 e. The number of benzene rings is 1. The van der Waals surface area contributed by atoms with E-state index in [-0.39, 0.29) is 0 Å². The van der Waals surface area contributed by atoms with Crippen LogP contribution < -0.4 is 0 Å². The van der Waals surface area contributed by atoms with Gasteiger partial charge in [0.05, 0.1) is 0 Å². The summed E-state index contributed by atoms with van der Waals surface area (Å²) >= 11 is 0. The lowest BCUT2D eigenvalue weighted by Gasteiger charge is -2.49. The molecule has 1 N–H and O–H groups in total. The Labute approximate surface area is 128 Å². The van der Waals surface area contributed by atoms with Crippen LogP contribution in [0.2, 0.25) is 0 Å². The van der Waals surface area contributed by atoms with Crippen molar-refractivity contribution in [2.45, 2.75) is 58.3 Å². The summed E-state index contributed by atoms with van der Waals surface area (Å²) in [5.74, 6) is 2.91. The molecule has 1 heteroatoms. The van der Waals surface area contributed by atoms with Crippen LogP contribution in [-0.4, -0.2) is 5.11 Å². The van der Waals surface area contributed by atoms with Gasteiger partial charge in [0.15, 0.2) is 0 Å². The molecule has 0 aliphatic heterocycles. The minimum Gasteiger partial charge on any atom is -0.508 e. The highest BCUT2D eigenvalue weighted by atomic mass is 16.3. The van der Waals surface area contributed by atoms with Gasteiger partial charge in [-0.1, -0.05) is 24.6 Å². The minimum atomic E-state index is 0.435. The summed E-state index contributed by atoms with van der Waals surface area (Å²) in [6, 6.07) is 6.10. The van der Waals surface area contributed by atoms with E-state index in [1.807, 2.05) is 12.1 Å². The summed E-state index contributed by atoms with van der Waals surface area (Å²) in [7, 11) is 0. The first kappa shape index (κ1) is 13.4. The van der Waals surface area contributed by atoms with Crippen LogP contribution in [0.5, 0.6) is 5.75 Å². The van der Waals surface area contributed by atoms with E-state index in [9.17, 15) is 5.11 Å². The van der Waals surface area contributed by atoms with Gasteiger partial charge in [0, 0.05) is 0 Å². The van der Waals surface area contributed by atoms with Gasteiger partial charge in [0.1, 0.15) is 5.75 Å². The quantitative estimate of drug-likeness (QED) is 0.649. The Balaban J connectivity index is 1.72. The number of hydrogen-bond acceptors (Lipinski definition) is 1. The number of phenolic OH excluding ortho intramolecular Hbond substituents is 1. The monoisotopic (exact) mass is 282 g/mol. The van der Waals surface area contributed by atoms with Gasteiger partial charge in [-0.3, -0.25) is 0 Å². The standard InChI is InChI=1S/C20H26O/c1-3-14-5-9-19-18-7-4-13-12-15(21)6-8-16(13)17(18)10-11-20(14,19)2/h3,6,8,12,17-19,21H,4-5,7,9-11H2,1-2H3/b14-3-/t17-,18-,19+,20-/m1/s1. The summed E-state index contributed by atoms with van der Waals surface area (Å²) in [5, 5.41) is 9.73. The van der Waals surface area contributed by atoms with Crippen molar-refractivity contribution in [3.05, 3.63) is 41.0 Å². The third kappa shape index (κ3) is 1.82. The number of hydrogen-bond donors (Lipinski definition) is 1. The fourth-order valence-corrected chi connectivity index (χ4v) is 5.89. The van der Waals surface area contributed by atoms with Crippen molar-refractivity contribution >= 4 is 0 Å². The van der Waals surface area contributed by atoms with Gasteiger partial charge < -0.3 is 5.11 Å². The van der Waals surface area contributed by atoms with E-state index in [4.69, 9.17) is 0 Å². The molecule has 0 heterocycles. The molecule has 21 heavy (non-hydrogen) atoms. The van der Waals surface area contributed by atoms with Crippen molar-refractivity contribution in [3.63, 3.8) is 0 Å². The third-order valence-electron chi connectivity index (χ3n) is 6.91. The predicted molar refractivity (Wildman–Crippen MR) is 86.5 cm³/mol. The van der Waals surface area contributed by atoms with Crippen LogP contribution >= 0.6 is 0 Å². The zero-order valence-electron chi connectivity index (χ0n) is 13.2. The molecule has 4 rings (SSSR count). The molecule has 3 aliphatic carbocycles. The van der Waals surface area contributed by atoms with Gasteiger partial charge in [-0.2, -0.15) is 0 Å². The summed E-state index contributed by atoms with van der Waals surface area (Å²) in [5.41, 5.74) is 5.15. The van der Waals surface area contributed by atoms with Crippen LogP contribution in [0.1, 0.15) is 63.0 Å². The second kappa shape index (κ2) is 4.63. The topological polar surface area (TPSA) is 20.2 Å². The average molecular weight is 282 g/mol. The average Bonchev–Trinajstić information content (AvgIpc) is 2.83. The Morgan fingerprint density at radius 2 is 2.05 bits per heavy atom. The smallest absolute Gasteiger partial charge is 0.115 e. The third-order valence-corrected chi connectivity index (χ3v) is 6.91. The lowest BCUT2D eigenvalue weighted by Crippen LogP contribution is -2.40. The van der Waals surface area contributed by atoms with E-state index >= 15 is 0 Å². The Bertz CT molecular complexity index is 600. The predicted octanol–water partition coefficient (Wildman–Crippen LogP) is 5.19. The largest absolute Gasteiger partial charge is 0.508 e. The molecule has 0 spiro atoms. The first-order valence-corrected chi connectivity index (χ1v) is 8.61. The summed E-state index contributed by atoms with van der Waals surface area (Å²) in [4.78, 5) is 0. The highest BCUT2D eigenvalue weighted by molar-refractivity contribution is 5.40. The number of phenols is 1. The SMILES string of the molecule is C/C=C1/CC[C@H]2[C@@H]3CCc4cc(O)ccc4[C@H]3CC[C@]12C. The molecule has 2 saturated carbocycles. The van der Waals surface area contributed by atoms with E-state index in [0.717, 1.165) is 24.2 Å². The number of aryl methyl sites for hydroxylation is 1. The fraction of sp³-hybridized carbons (Fsp3) is 0.600. The molecular weight excluding hydrogens is 256 g/mol. The molecule has 0 aromatic heterocycles. The molecule has 0 amide bonds. The summed E-state index contributed by atoms with van der Waals surface area (Å²) in [6.07, 6.45) is 10.3. The van der Waals surface area contributed by atoms with Crippen molar-refractivity contribution < 1.29 is 5.11 Å². The van der Waals surface area contributed by atoms with Crippen LogP contribution in [0.4, 0.5) is 0 Å². The van der Waals surface area contributed by atoms with Crippen LogP contribution in [0, 0.1) is 17.3 Å². The van der Waals surface area contributed by atoms with E-state index in [2.05, 4.69) is 26.0 Å². The molecule has 0 radical (unpaired) electrons. The van der Waals surface area contributed by atoms with Crippen molar-refractivity contribution in [1.29, 1.82) is 0 Å². The first-order chi connectivity index (χ1) is 10.1. The molecule has 2 fully saturated rings. The molecule has 1 nitrogen and oxygen atoms in total. The zero-order valence-corrected chi connectivity index (χ0v) is 13.2. The highest BCUT2D eigenvalue weighted by Gasteiger charge is 2.52. The molecule has 112 valence electrons. The molecule has 1 aromatic carbocycles. The second-order valence-corrected chi connectivity index (χ2v) is 7.61. The van der Waals surface area contributed by atoms with E-state index < -0.39 is 0 Å². The van der Waals surface area contributed by atoms with Crippen LogP contribution in [0.3, 0.4) is 0 Å². The van der Waals surface area contributed by atoms with E-state index in [1.54, 1.807) is 11.1 Å². The van der Waals surface area contributed by atoms with E-state index in [1.165, 1.54) is 37.7 Å². The van der Waals surface area contributed by atoms with Gasteiger partial charge in [0.2, 0.25) is 0 Å². The lowest BCUT2D eigenvalue weighted by molar-refractivity contribution is 0.0813. The molecule has 1 aromatic rings. The molecule has 0 unspecified atom stereocenters. The highest BCUT2D eigenvalue weighted by Crippen LogP contribution is 2.62. The van der Waals surface area contributed by atoms with Gasteiger partial charge in [-0.05, 0) is 91.9 Å². The summed E-state index contributed by atoms with van der Waals surface area (Å²) in [6.45, 7) is 4.76. The normalized spacial score (nSPS) is 39.7. The van der Waals surface area contributed by atoms with Crippen molar-refractivity contribution in [1.82, 2.24) is 0 Å². The van der Waals surface area contributed by atoms with Crippen LogP contribution in [-0.2, 0) is 6.42 Å². The van der Waals surface area contributed by atoms with Gasteiger partial charge in [-0.25, -0.2) is 0 Å². The molecule has 3 aliphatic rings. The number of fused-ring (bicyclic) bond motifs is 5. The Morgan fingerprint density at radius 1 is 1.19 bits per heavy atom. The minimum absolute atomic E-state index is 0.435. The number of aromatic hydroxyl groups is 1. The Morgan fingerprint density at radius 3 is 2.86 bits per heavy atom. The van der Waals surface area contributed by atoms with Crippen molar-refractivity contribution in [2.75, 3.05) is 0 Å². The van der Waals surface area contributed by atoms with Gasteiger partial charge in [0.25, 0.3) is 0 Å². The molecule has 0 bridgehead atoms. The maximum absolute atomic E-state index is 9.73. The van der Waals surface area contributed by atoms with Crippen LogP contribution in [0.15, 0.2) is 29.8 Å². The van der Waals surface area contributed by atoms with Gasteiger partial charge >= 0.3 is 0 Å². The lowest BCUT2D eigenvalue weighted by atomic mass is 9.55. The second-order valence-electron chi connectivity index (χ2n) is 7.61. The zero-order chi connectivity index (χ0) is 14.6. The summed E-state index contributed by atoms with van der Waals surface area (Å²) < 4.78 is 0. The Hall–Kier alpha value is -1.24. The molecule has 0 saturated heterocycles. The van der Waals surface area contributed by atoms with Crippen LogP contribution in [0.25, 0.3) is 0 Å². The number of rotatable bonds is 0. The number of allylic oxidation sites excluding steroid dienone is 2. The van der Waals surface area contributed by atoms with E-state index in [0.29, 0.717) is 11.2 Å². The molecular formula is C20H26O. The first-order valence-electron chi connectivity index (χ1n) is 8.61.